The standard InChI is InChI=1S/C15H20O3/c1-15(13(16)8-5-9-14(15)17)11-18-10-12-6-3-2-4-7-12/h2-4,6-7,13,16H,5,8-11H2,1H3/t13-,15-/m1/s1. The normalized spacial score (nSPS) is 28.3. The summed E-state index contributed by atoms with van der Waals surface area (Å²) in [5, 5.41) is 9.99. The molecular weight excluding hydrogens is 228 g/mol. The summed E-state index contributed by atoms with van der Waals surface area (Å²) >= 11 is 0. The lowest BCUT2D eigenvalue weighted by atomic mass is 9.73. The van der Waals surface area contributed by atoms with Crippen molar-refractivity contribution < 1.29 is 14.6 Å². The van der Waals surface area contributed by atoms with E-state index in [9.17, 15) is 9.90 Å². The first-order chi connectivity index (χ1) is 8.63. The summed E-state index contributed by atoms with van der Waals surface area (Å²) in [6.45, 7) is 2.59. The summed E-state index contributed by atoms with van der Waals surface area (Å²) in [6, 6.07) is 9.85. The summed E-state index contributed by atoms with van der Waals surface area (Å²) in [6.07, 6.45) is 1.46. The molecule has 3 heteroatoms. The molecule has 1 fully saturated rings. The summed E-state index contributed by atoms with van der Waals surface area (Å²) in [7, 11) is 0. The predicted molar refractivity (Wildman–Crippen MR) is 69.1 cm³/mol. The largest absolute Gasteiger partial charge is 0.392 e. The van der Waals surface area contributed by atoms with Gasteiger partial charge in [0.05, 0.1) is 24.7 Å². The number of carbonyl (C=O) groups excluding carboxylic acids is 1. The molecule has 1 aromatic rings. The van der Waals surface area contributed by atoms with Crippen molar-refractivity contribution in [2.24, 2.45) is 5.41 Å². The third kappa shape index (κ3) is 2.79. The Bertz CT molecular complexity index is 401. The van der Waals surface area contributed by atoms with E-state index in [0.717, 1.165) is 12.0 Å². The van der Waals surface area contributed by atoms with Gasteiger partial charge in [-0.25, -0.2) is 0 Å². The molecule has 1 saturated carbocycles. The third-order valence-electron chi connectivity index (χ3n) is 3.77. The summed E-state index contributed by atoms with van der Waals surface area (Å²) in [5.41, 5.74) is 0.353. The zero-order valence-corrected chi connectivity index (χ0v) is 10.8. The molecule has 0 amide bonds. The van der Waals surface area contributed by atoms with Crippen LogP contribution in [0.2, 0.25) is 0 Å². The fourth-order valence-corrected chi connectivity index (χ4v) is 2.38. The van der Waals surface area contributed by atoms with Crippen molar-refractivity contribution in [2.45, 2.75) is 38.9 Å². The highest BCUT2D eigenvalue weighted by molar-refractivity contribution is 5.86. The van der Waals surface area contributed by atoms with E-state index in [1.54, 1.807) is 0 Å². The second-order valence-electron chi connectivity index (χ2n) is 5.23. The van der Waals surface area contributed by atoms with Crippen LogP contribution >= 0.6 is 0 Å². The van der Waals surface area contributed by atoms with Gasteiger partial charge in [0.1, 0.15) is 5.78 Å². The molecule has 18 heavy (non-hydrogen) atoms. The molecule has 1 N–H and O–H groups in total. The Kier molecular flexibility index (Phi) is 4.15. The molecule has 3 nitrogen and oxygen atoms in total. The lowest BCUT2D eigenvalue weighted by molar-refractivity contribution is -0.145. The molecule has 0 radical (unpaired) electrons. The zero-order valence-electron chi connectivity index (χ0n) is 10.8. The molecule has 0 spiro atoms. The highest BCUT2D eigenvalue weighted by Crippen LogP contribution is 2.33. The lowest BCUT2D eigenvalue weighted by Crippen LogP contribution is -2.46. The van der Waals surface area contributed by atoms with Crippen molar-refractivity contribution in [3.63, 3.8) is 0 Å². The van der Waals surface area contributed by atoms with Crippen molar-refractivity contribution in [2.75, 3.05) is 6.61 Å². The summed E-state index contributed by atoms with van der Waals surface area (Å²) in [4.78, 5) is 11.9. The fraction of sp³-hybridized carbons (Fsp3) is 0.533. The van der Waals surface area contributed by atoms with Gasteiger partial charge in [0.25, 0.3) is 0 Å². The first kappa shape index (κ1) is 13.2. The lowest BCUT2D eigenvalue weighted by Gasteiger charge is -2.36. The maximum absolute atomic E-state index is 11.9. The molecule has 98 valence electrons. The van der Waals surface area contributed by atoms with E-state index < -0.39 is 11.5 Å². The highest BCUT2D eigenvalue weighted by atomic mass is 16.5. The van der Waals surface area contributed by atoms with Crippen molar-refractivity contribution in [3.05, 3.63) is 35.9 Å². The molecule has 0 unspecified atom stereocenters. The quantitative estimate of drug-likeness (QED) is 0.889. The van der Waals surface area contributed by atoms with Crippen LogP contribution in [-0.2, 0) is 16.1 Å². The van der Waals surface area contributed by atoms with Crippen LogP contribution in [0.25, 0.3) is 0 Å². The van der Waals surface area contributed by atoms with Crippen LogP contribution in [0.4, 0.5) is 0 Å². The maximum atomic E-state index is 11.9. The Balaban J connectivity index is 1.90. The van der Waals surface area contributed by atoms with Crippen molar-refractivity contribution in [1.29, 1.82) is 0 Å². The second-order valence-corrected chi connectivity index (χ2v) is 5.23. The SMILES string of the molecule is C[C@]1(COCc2ccccc2)C(=O)CCC[C@H]1O. The Morgan fingerprint density at radius 3 is 2.78 bits per heavy atom. The van der Waals surface area contributed by atoms with Crippen LogP contribution in [0.1, 0.15) is 31.7 Å². The van der Waals surface area contributed by atoms with Gasteiger partial charge in [0, 0.05) is 6.42 Å². The number of Topliss-reactive ketones (excluding diaryl/α,β-unsaturated/α-hetero) is 1. The molecule has 0 aliphatic heterocycles. The molecule has 0 saturated heterocycles. The Morgan fingerprint density at radius 2 is 2.11 bits per heavy atom. The maximum Gasteiger partial charge on any atom is 0.143 e. The topological polar surface area (TPSA) is 46.5 Å². The molecule has 0 aromatic heterocycles. The number of rotatable bonds is 4. The van der Waals surface area contributed by atoms with Crippen molar-refractivity contribution in [1.82, 2.24) is 0 Å². The minimum Gasteiger partial charge on any atom is -0.392 e. The van der Waals surface area contributed by atoms with Gasteiger partial charge >= 0.3 is 0 Å². The van der Waals surface area contributed by atoms with Crippen LogP contribution in [0.3, 0.4) is 0 Å². The minimum absolute atomic E-state index is 0.120. The van der Waals surface area contributed by atoms with Gasteiger partial charge in [-0.3, -0.25) is 4.79 Å². The second kappa shape index (κ2) is 5.63. The van der Waals surface area contributed by atoms with Crippen LogP contribution in [0, 0.1) is 5.41 Å². The van der Waals surface area contributed by atoms with Gasteiger partial charge in [-0.05, 0) is 25.3 Å². The van der Waals surface area contributed by atoms with Gasteiger partial charge in [-0.1, -0.05) is 30.3 Å². The summed E-state index contributed by atoms with van der Waals surface area (Å²) in [5.74, 6) is 0.120. The number of hydrogen-bond donors (Lipinski definition) is 1. The minimum atomic E-state index is -0.729. The molecule has 1 aromatic carbocycles. The molecule has 2 atom stereocenters. The first-order valence-electron chi connectivity index (χ1n) is 6.46. The van der Waals surface area contributed by atoms with E-state index >= 15 is 0 Å². The number of ketones is 1. The van der Waals surface area contributed by atoms with Gasteiger partial charge in [0.2, 0.25) is 0 Å². The van der Waals surface area contributed by atoms with E-state index in [1.165, 1.54) is 0 Å². The zero-order chi connectivity index (χ0) is 13.0. The average Bonchev–Trinajstić information content (AvgIpc) is 2.38. The Hall–Kier alpha value is -1.19. The van der Waals surface area contributed by atoms with Gasteiger partial charge in [-0.2, -0.15) is 0 Å². The number of aliphatic hydroxyl groups is 1. The van der Waals surface area contributed by atoms with Crippen LogP contribution in [-0.4, -0.2) is 23.6 Å². The predicted octanol–water partition coefficient (Wildman–Crippen LogP) is 2.32. The van der Waals surface area contributed by atoms with Crippen molar-refractivity contribution in [3.8, 4) is 0 Å². The smallest absolute Gasteiger partial charge is 0.143 e. The van der Waals surface area contributed by atoms with E-state index in [0.29, 0.717) is 26.1 Å². The van der Waals surface area contributed by atoms with Crippen molar-refractivity contribution >= 4 is 5.78 Å². The van der Waals surface area contributed by atoms with Gasteiger partial charge in [-0.15, -0.1) is 0 Å². The van der Waals surface area contributed by atoms with E-state index in [1.807, 2.05) is 37.3 Å². The van der Waals surface area contributed by atoms with Crippen LogP contribution in [0.15, 0.2) is 30.3 Å². The first-order valence-corrected chi connectivity index (χ1v) is 6.46. The molecule has 2 rings (SSSR count). The Morgan fingerprint density at radius 1 is 1.39 bits per heavy atom. The van der Waals surface area contributed by atoms with Gasteiger partial charge < -0.3 is 9.84 Å². The molecule has 0 heterocycles. The molecular formula is C15H20O3. The third-order valence-corrected chi connectivity index (χ3v) is 3.77. The number of aliphatic hydroxyl groups excluding tert-OH is 1. The van der Waals surface area contributed by atoms with Gasteiger partial charge in [0.15, 0.2) is 0 Å². The fourth-order valence-electron chi connectivity index (χ4n) is 2.38. The molecule has 1 aliphatic rings. The number of benzene rings is 1. The van der Waals surface area contributed by atoms with E-state index in [2.05, 4.69) is 0 Å². The monoisotopic (exact) mass is 248 g/mol. The number of hydrogen-bond acceptors (Lipinski definition) is 3. The highest BCUT2D eigenvalue weighted by Gasteiger charge is 2.42. The molecule has 0 bridgehead atoms. The number of ether oxygens (including phenoxy) is 1. The van der Waals surface area contributed by atoms with Crippen LogP contribution in [0.5, 0.6) is 0 Å². The van der Waals surface area contributed by atoms with E-state index in [4.69, 9.17) is 4.74 Å². The summed E-state index contributed by atoms with van der Waals surface area (Å²) < 4.78 is 5.62. The van der Waals surface area contributed by atoms with E-state index in [-0.39, 0.29) is 5.78 Å². The van der Waals surface area contributed by atoms with Crippen LogP contribution < -0.4 is 0 Å². The molecule has 1 aliphatic carbocycles. The average molecular weight is 248 g/mol. The number of carbonyl (C=O) groups is 1. The Labute approximate surface area is 108 Å².